The van der Waals surface area contributed by atoms with E-state index in [1.165, 1.54) is 30.2 Å². The van der Waals surface area contributed by atoms with E-state index in [0.717, 1.165) is 0 Å². The topological polar surface area (TPSA) is 126 Å². The molecule has 0 atom stereocenters. The number of aromatic nitrogens is 4. The molecular weight excluding hydrogens is 314 g/mol. The van der Waals surface area contributed by atoms with Gasteiger partial charge < -0.3 is 19.5 Å². The summed E-state index contributed by atoms with van der Waals surface area (Å²) in [6.07, 6.45) is 4.40. The van der Waals surface area contributed by atoms with E-state index in [1.54, 1.807) is 19.3 Å². The predicted octanol–water partition coefficient (Wildman–Crippen LogP) is 0.866. The highest BCUT2D eigenvalue weighted by Gasteiger charge is 2.22. The van der Waals surface area contributed by atoms with Crippen molar-refractivity contribution >= 4 is 11.8 Å². The number of hydrogen-bond donors (Lipinski definition) is 1. The first-order valence-corrected chi connectivity index (χ1v) is 6.84. The largest absolute Gasteiger partial charge is 0.464 e. The Morgan fingerprint density at radius 3 is 2.71 bits per heavy atom. The summed E-state index contributed by atoms with van der Waals surface area (Å²) in [5, 5.41) is 0. The van der Waals surface area contributed by atoms with Crippen LogP contribution in [0.3, 0.4) is 0 Å². The summed E-state index contributed by atoms with van der Waals surface area (Å²) in [5.41, 5.74) is 6.58. The SMILES string of the molecule is COC(=O)c1nc(-c2ccc(=O)n(C)c2)c(-c2ncco2)nc1N. The monoisotopic (exact) mass is 327 g/mol. The summed E-state index contributed by atoms with van der Waals surface area (Å²) in [5.74, 6) is -0.636. The van der Waals surface area contributed by atoms with Gasteiger partial charge in [-0.1, -0.05) is 0 Å². The molecule has 3 aromatic heterocycles. The van der Waals surface area contributed by atoms with Crippen molar-refractivity contribution in [1.82, 2.24) is 19.5 Å². The fourth-order valence-corrected chi connectivity index (χ4v) is 2.12. The summed E-state index contributed by atoms with van der Waals surface area (Å²) < 4.78 is 11.3. The Bertz CT molecular complexity index is 962. The van der Waals surface area contributed by atoms with Gasteiger partial charge >= 0.3 is 5.97 Å². The Labute approximate surface area is 135 Å². The maximum atomic E-state index is 11.8. The number of rotatable bonds is 3. The molecule has 24 heavy (non-hydrogen) atoms. The van der Waals surface area contributed by atoms with Gasteiger partial charge in [0.2, 0.25) is 11.4 Å². The number of aryl methyl sites for hydroxylation is 1. The summed E-state index contributed by atoms with van der Waals surface area (Å²) in [6.45, 7) is 0. The van der Waals surface area contributed by atoms with Gasteiger partial charge in [0.05, 0.1) is 13.3 Å². The standard InChI is InChI=1S/C15H13N5O4/c1-20-7-8(3-4-9(20)21)10-11(14-17-5-6-24-14)19-13(16)12(18-10)15(22)23-2/h3-7H,1-2H3,(H2,16,19). The number of ether oxygens (including phenoxy) is 1. The van der Waals surface area contributed by atoms with Crippen LogP contribution < -0.4 is 11.3 Å². The van der Waals surface area contributed by atoms with Gasteiger partial charge in [-0.15, -0.1) is 0 Å². The third kappa shape index (κ3) is 2.62. The lowest BCUT2D eigenvalue weighted by atomic mass is 10.1. The molecule has 0 saturated heterocycles. The Hall–Kier alpha value is -3.49. The van der Waals surface area contributed by atoms with E-state index in [9.17, 15) is 9.59 Å². The van der Waals surface area contributed by atoms with E-state index >= 15 is 0 Å². The minimum atomic E-state index is -0.718. The number of nitrogens with two attached hydrogens (primary N) is 1. The molecule has 0 spiro atoms. The number of esters is 1. The van der Waals surface area contributed by atoms with Gasteiger partial charge in [0.25, 0.3) is 0 Å². The first-order valence-electron chi connectivity index (χ1n) is 6.84. The average molecular weight is 327 g/mol. The van der Waals surface area contributed by atoms with Crippen molar-refractivity contribution in [2.75, 3.05) is 12.8 Å². The quantitative estimate of drug-likeness (QED) is 0.702. The number of carbonyl (C=O) groups is 1. The molecule has 9 heteroatoms. The highest BCUT2D eigenvalue weighted by molar-refractivity contribution is 5.93. The second-order valence-corrected chi connectivity index (χ2v) is 4.85. The highest BCUT2D eigenvalue weighted by Crippen LogP contribution is 2.29. The van der Waals surface area contributed by atoms with Gasteiger partial charge in [0, 0.05) is 24.9 Å². The van der Waals surface area contributed by atoms with Crippen LogP contribution in [0, 0.1) is 0 Å². The van der Waals surface area contributed by atoms with Gasteiger partial charge in [-0.05, 0) is 6.07 Å². The number of nitrogens with zero attached hydrogens (tertiary/aromatic N) is 4. The molecule has 0 aliphatic heterocycles. The lowest BCUT2D eigenvalue weighted by Gasteiger charge is -2.10. The van der Waals surface area contributed by atoms with Gasteiger partial charge in [-0.25, -0.2) is 19.7 Å². The minimum Gasteiger partial charge on any atom is -0.464 e. The zero-order valence-electron chi connectivity index (χ0n) is 12.9. The number of hydrogen-bond acceptors (Lipinski definition) is 8. The summed E-state index contributed by atoms with van der Waals surface area (Å²) in [4.78, 5) is 35.9. The smallest absolute Gasteiger partial charge is 0.360 e. The van der Waals surface area contributed by atoms with Crippen LogP contribution in [-0.2, 0) is 11.8 Å². The highest BCUT2D eigenvalue weighted by atomic mass is 16.5. The van der Waals surface area contributed by atoms with Crippen molar-refractivity contribution in [2.24, 2.45) is 7.05 Å². The van der Waals surface area contributed by atoms with Gasteiger partial charge in [0.1, 0.15) is 12.0 Å². The second kappa shape index (κ2) is 5.95. The normalized spacial score (nSPS) is 10.6. The summed E-state index contributed by atoms with van der Waals surface area (Å²) in [6, 6.07) is 2.95. The van der Waals surface area contributed by atoms with Gasteiger partial charge in [0.15, 0.2) is 17.2 Å². The molecule has 0 aromatic carbocycles. The van der Waals surface area contributed by atoms with E-state index in [-0.39, 0.29) is 28.7 Å². The Morgan fingerprint density at radius 1 is 1.29 bits per heavy atom. The lowest BCUT2D eigenvalue weighted by Crippen LogP contribution is -2.15. The first kappa shape index (κ1) is 15.4. The summed E-state index contributed by atoms with van der Waals surface area (Å²) in [7, 11) is 2.82. The zero-order valence-corrected chi connectivity index (χ0v) is 12.9. The molecule has 3 heterocycles. The van der Waals surface area contributed by atoms with Crippen LogP contribution in [0.1, 0.15) is 10.5 Å². The molecule has 2 N–H and O–H groups in total. The zero-order chi connectivity index (χ0) is 17.3. The van der Waals surface area contributed by atoms with Crippen molar-refractivity contribution in [2.45, 2.75) is 0 Å². The van der Waals surface area contributed by atoms with E-state index < -0.39 is 5.97 Å². The summed E-state index contributed by atoms with van der Waals surface area (Å²) >= 11 is 0. The molecule has 0 fully saturated rings. The van der Waals surface area contributed by atoms with Crippen LogP contribution >= 0.6 is 0 Å². The number of oxazole rings is 1. The number of nitrogen functional groups attached to an aromatic ring is 1. The minimum absolute atomic E-state index is 0.108. The van der Waals surface area contributed by atoms with Crippen LogP contribution in [0.5, 0.6) is 0 Å². The first-order chi connectivity index (χ1) is 11.5. The molecule has 0 saturated carbocycles. The van der Waals surface area contributed by atoms with Crippen molar-refractivity contribution in [3.8, 4) is 22.8 Å². The van der Waals surface area contributed by atoms with Crippen LogP contribution in [0.4, 0.5) is 5.82 Å². The molecule has 3 rings (SSSR count). The van der Waals surface area contributed by atoms with Crippen molar-refractivity contribution in [1.29, 1.82) is 0 Å². The number of carbonyl (C=O) groups excluding carboxylic acids is 1. The predicted molar refractivity (Wildman–Crippen MR) is 84.0 cm³/mol. The van der Waals surface area contributed by atoms with Crippen molar-refractivity contribution in [3.63, 3.8) is 0 Å². The molecule has 0 radical (unpaired) electrons. The average Bonchev–Trinajstić information content (AvgIpc) is 3.11. The van der Waals surface area contributed by atoms with Crippen molar-refractivity contribution < 1.29 is 13.9 Å². The van der Waals surface area contributed by atoms with E-state index in [2.05, 4.69) is 19.7 Å². The Kier molecular flexibility index (Phi) is 3.82. The molecule has 3 aromatic rings. The lowest BCUT2D eigenvalue weighted by molar-refractivity contribution is 0.0595. The fourth-order valence-electron chi connectivity index (χ4n) is 2.12. The fraction of sp³-hybridized carbons (Fsp3) is 0.133. The van der Waals surface area contributed by atoms with Gasteiger partial charge in [-0.3, -0.25) is 4.79 Å². The molecule has 0 unspecified atom stereocenters. The molecule has 0 aliphatic rings. The molecule has 0 bridgehead atoms. The van der Waals surface area contributed by atoms with Crippen LogP contribution in [0.15, 0.2) is 40.0 Å². The van der Waals surface area contributed by atoms with Crippen LogP contribution in [0.25, 0.3) is 22.8 Å². The second-order valence-electron chi connectivity index (χ2n) is 4.85. The number of anilines is 1. The number of methoxy groups -OCH3 is 1. The van der Waals surface area contributed by atoms with E-state index in [4.69, 9.17) is 10.2 Å². The maximum absolute atomic E-state index is 11.8. The van der Waals surface area contributed by atoms with E-state index in [1.807, 2.05) is 0 Å². The maximum Gasteiger partial charge on any atom is 0.360 e. The number of pyridine rings is 1. The van der Waals surface area contributed by atoms with Gasteiger partial charge in [-0.2, -0.15) is 0 Å². The third-order valence-corrected chi connectivity index (χ3v) is 3.30. The van der Waals surface area contributed by atoms with Crippen LogP contribution in [-0.4, -0.2) is 32.6 Å². The van der Waals surface area contributed by atoms with Crippen LogP contribution in [0.2, 0.25) is 0 Å². The van der Waals surface area contributed by atoms with E-state index in [0.29, 0.717) is 11.3 Å². The Balaban J connectivity index is 2.29. The molecular formula is C15H13N5O4. The molecule has 0 amide bonds. The third-order valence-electron chi connectivity index (χ3n) is 3.30. The Morgan fingerprint density at radius 2 is 2.08 bits per heavy atom. The molecule has 122 valence electrons. The molecule has 0 aliphatic carbocycles. The van der Waals surface area contributed by atoms with Crippen molar-refractivity contribution in [3.05, 3.63) is 46.8 Å². The molecule has 9 nitrogen and oxygen atoms in total.